The van der Waals surface area contributed by atoms with Crippen molar-refractivity contribution in [3.63, 3.8) is 0 Å². The first-order valence-corrected chi connectivity index (χ1v) is 14.3. The quantitative estimate of drug-likeness (QED) is 0.404. The Kier molecular flexibility index (Phi) is 8.24. The topological polar surface area (TPSA) is 138 Å². The van der Waals surface area contributed by atoms with Crippen LogP contribution in [0.5, 0.6) is 0 Å². The lowest BCUT2D eigenvalue weighted by Gasteiger charge is -2.24. The fourth-order valence-electron chi connectivity index (χ4n) is 3.26. The highest BCUT2D eigenvalue weighted by Crippen LogP contribution is 2.36. The summed E-state index contributed by atoms with van der Waals surface area (Å²) in [5.74, 6) is -1.03. The van der Waals surface area contributed by atoms with Gasteiger partial charge in [0.2, 0.25) is 21.9 Å². The van der Waals surface area contributed by atoms with E-state index in [0.29, 0.717) is 34.1 Å². The number of alkyl halides is 3. The van der Waals surface area contributed by atoms with Crippen LogP contribution in [0.1, 0.15) is 17.0 Å². The van der Waals surface area contributed by atoms with E-state index in [0.717, 1.165) is 6.07 Å². The van der Waals surface area contributed by atoms with E-state index < -0.39 is 49.9 Å². The molecule has 38 heavy (non-hydrogen) atoms. The van der Waals surface area contributed by atoms with E-state index in [1.54, 1.807) is 19.9 Å². The van der Waals surface area contributed by atoms with Crippen molar-refractivity contribution in [2.45, 2.75) is 24.9 Å². The molecular weight excluding hydrogens is 571 g/mol. The molecule has 0 fully saturated rings. The minimum atomic E-state index is -4.77. The Labute approximate surface area is 222 Å². The minimum absolute atomic E-state index is 0.0974. The monoisotopic (exact) mass is 591 g/mol. The smallest absolute Gasteiger partial charge is 0.325 e. The molecule has 0 atom stereocenters. The molecule has 16 heteroatoms. The SMILES string of the molecule is Cc1cc(C)nc(NS(=O)(=O)c2ccc(NC(=O)CN(c3cc(C(F)(F)F)ccc3Cl)S(C)(=O)=O)cc2)n1. The maximum atomic E-state index is 13.1. The van der Waals surface area contributed by atoms with Crippen molar-refractivity contribution in [3.8, 4) is 0 Å². The normalized spacial score (nSPS) is 12.2. The van der Waals surface area contributed by atoms with Crippen molar-refractivity contribution in [2.24, 2.45) is 0 Å². The number of amides is 1. The first-order valence-electron chi connectivity index (χ1n) is 10.6. The molecule has 204 valence electrons. The van der Waals surface area contributed by atoms with E-state index in [1.165, 1.54) is 24.3 Å². The van der Waals surface area contributed by atoms with Crippen LogP contribution >= 0.6 is 11.6 Å². The molecule has 0 aliphatic carbocycles. The maximum absolute atomic E-state index is 13.1. The Bertz CT molecular complexity index is 1560. The van der Waals surface area contributed by atoms with Crippen molar-refractivity contribution in [1.29, 1.82) is 0 Å². The number of benzene rings is 2. The van der Waals surface area contributed by atoms with Gasteiger partial charge in [0.25, 0.3) is 10.0 Å². The van der Waals surface area contributed by atoms with Gasteiger partial charge in [-0.3, -0.25) is 9.10 Å². The molecule has 1 heterocycles. The van der Waals surface area contributed by atoms with Crippen molar-refractivity contribution in [3.05, 3.63) is 70.5 Å². The van der Waals surface area contributed by atoms with Crippen LogP contribution in [0.15, 0.2) is 53.4 Å². The summed E-state index contributed by atoms with van der Waals surface area (Å²) in [5, 5.41) is 2.06. The van der Waals surface area contributed by atoms with Crippen molar-refractivity contribution in [2.75, 3.05) is 27.1 Å². The summed E-state index contributed by atoms with van der Waals surface area (Å²) in [4.78, 5) is 20.4. The molecule has 1 amide bonds. The molecule has 2 N–H and O–H groups in total. The number of carbonyl (C=O) groups is 1. The molecule has 0 bridgehead atoms. The third-order valence-electron chi connectivity index (χ3n) is 4.89. The van der Waals surface area contributed by atoms with Crippen LogP contribution in [0.2, 0.25) is 5.02 Å². The van der Waals surface area contributed by atoms with Crippen LogP contribution in [-0.4, -0.2) is 45.5 Å². The van der Waals surface area contributed by atoms with E-state index in [-0.39, 0.29) is 21.6 Å². The van der Waals surface area contributed by atoms with Gasteiger partial charge in [-0.1, -0.05) is 11.6 Å². The highest BCUT2D eigenvalue weighted by Gasteiger charge is 2.33. The second-order valence-corrected chi connectivity index (χ2v) is 12.1. The second kappa shape index (κ2) is 10.7. The van der Waals surface area contributed by atoms with Crippen LogP contribution < -0.4 is 14.3 Å². The number of aryl methyl sites for hydroxylation is 2. The maximum Gasteiger partial charge on any atom is 0.416 e. The van der Waals surface area contributed by atoms with Crippen molar-refractivity contribution >= 4 is 54.9 Å². The second-order valence-electron chi connectivity index (χ2n) is 8.09. The van der Waals surface area contributed by atoms with Crippen LogP contribution in [0.4, 0.5) is 30.5 Å². The van der Waals surface area contributed by atoms with E-state index in [4.69, 9.17) is 11.6 Å². The predicted molar refractivity (Wildman–Crippen MR) is 136 cm³/mol. The minimum Gasteiger partial charge on any atom is -0.325 e. The highest BCUT2D eigenvalue weighted by atomic mass is 35.5. The Balaban J connectivity index is 1.78. The lowest BCUT2D eigenvalue weighted by Crippen LogP contribution is -2.37. The molecule has 10 nitrogen and oxygen atoms in total. The van der Waals surface area contributed by atoms with Gasteiger partial charge in [0.05, 0.1) is 27.4 Å². The number of aromatic nitrogens is 2. The van der Waals surface area contributed by atoms with Gasteiger partial charge in [-0.2, -0.15) is 13.2 Å². The van der Waals surface area contributed by atoms with Crippen molar-refractivity contribution < 1.29 is 34.8 Å². The number of hydrogen-bond donors (Lipinski definition) is 2. The average Bonchev–Trinajstić information content (AvgIpc) is 2.76. The largest absolute Gasteiger partial charge is 0.416 e. The van der Waals surface area contributed by atoms with E-state index in [1.807, 2.05) is 0 Å². The number of nitrogens with one attached hydrogen (secondary N) is 2. The molecule has 1 aromatic heterocycles. The third kappa shape index (κ3) is 7.33. The number of rotatable bonds is 8. The van der Waals surface area contributed by atoms with E-state index in [9.17, 15) is 34.8 Å². The van der Waals surface area contributed by atoms with Crippen LogP contribution in [0.25, 0.3) is 0 Å². The standard InChI is InChI=1S/C22H21ClF3N5O5S2/c1-13-10-14(2)28-21(27-13)30-38(35,36)17-7-5-16(6-8-17)29-20(32)12-31(37(3,33)34)19-11-15(22(24,25)26)4-9-18(19)23/h4-11H,12H2,1-3H3,(H,29,32)(H,27,28,30). The number of halogens is 4. The summed E-state index contributed by atoms with van der Waals surface area (Å²) in [6.07, 6.45) is -4.06. The van der Waals surface area contributed by atoms with Gasteiger partial charge >= 0.3 is 6.18 Å². The summed E-state index contributed by atoms with van der Waals surface area (Å²) in [5.41, 5.74) is -0.464. The molecule has 3 aromatic rings. The van der Waals surface area contributed by atoms with Gasteiger partial charge in [0.15, 0.2) is 0 Å². The van der Waals surface area contributed by atoms with Gasteiger partial charge in [-0.05, 0) is 62.4 Å². The molecule has 0 radical (unpaired) electrons. The van der Waals surface area contributed by atoms with Crippen molar-refractivity contribution in [1.82, 2.24) is 9.97 Å². The van der Waals surface area contributed by atoms with Gasteiger partial charge in [-0.25, -0.2) is 31.5 Å². The summed E-state index contributed by atoms with van der Waals surface area (Å²) < 4.78 is 92.0. The lowest BCUT2D eigenvalue weighted by atomic mass is 10.2. The summed E-state index contributed by atoms with van der Waals surface area (Å²) in [6, 6.07) is 8.62. The third-order valence-corrected chi connectivity index (χ3v) is 7.68. The molecule has 0 spiro atoms. The number of sulfonamides is 2. The number of nitrogens with zero attached hydrogens (tertiary/aromatic N) is 3. The Morgan fingerprint density at radius 2 is 1.55 bits per heavy atom. The zero-order valence-corrected chi connectivity index (χ0v) is 22.4. The Hall–Kier alpha value is -3.43. The van der Waals surface area contributed by atoms with Gasteiger partial charge in [-0.15, -0.1) is 0 Å². The van der Waals surface area contributed by atoms with Gasteiger partial charge in [0, 0.05) is 17.1 Å². The zero-order chi connectivity index (χ0) is 28.5. The number of anilines is 3. The Morgan fingerprint density at radius 1 is 0.974 bits per heavy atom. The Morgan fingerprint density at radius 3 is 2.08 bits per heavy atom. The molecule has 0 aliphatic heterocycles. The first kappa shape index (κ1) is 29.1. The molecule has 2 aromatic carbocycles. The fraction of sp³-hybridized carbons (Fsp3) is 0.227. The summed E-state index contributed by atoms with van der Waals surface area (Å²) in [7, 11) is -8.30. The summed E-state index contributed by atoms with van der Waals surface area (Å²) >= 11 is 5.95. The highest BCUT2D eigenvalue weighted by molar-refractivity contribution is 7.92. The van der Waals surface area contributed by atoms with Crippen LogP contribution in [-0.2, 0) is 31.0 Å². The lowest BCUT2D eigenvalue weighted by molar-refractivity contribution is -0.137. The molecule has 3 rings (SSSR count). The number of hydrogen-bond acceptors (Lipinski definition) is 7. The number of carbonyl (C=O) groups excluding carboxylic acids is 1. The molecule has 0 unspecified atom stereocenters. The molecule has 0 aliphatic rings. The van der Waals surface area contributed by atoms with Crippen LogP contribution in [0, 0.1) is 13.8 Å². The van der Waals surface area contributed by atoms with Crippen LogP contribution in [0.3, 0.4) is 0 Å². The summed E-state index contributed by atoms with van der Waals surface area (Å²) in [6.45, 7) is 2.46. The first-order chi connectivity index (χ1) is 17.5. The molecule has 0 saturated carbocycles. The van der Waals surface area contributed by atoms with E-state index >= 15 is 0 Å². The molecule has 0 saturated heterocycles. The van der Waals surface area contributed by atoms with Gasteiger partial charge < -0.3 is 5.32 Å². The van der Waals surface area contributed by atoms with E-state index in [2.05, 4.69) is 20.0 Å². The molecular formula is C22H21ClF3N5O5S2. The average molecular weight is 592 g/mol. The van der Waals surface area contributed by atoms with Gasteiger partial charge in [0.1, 0.15) is 6.54 Å². The zero-order valence-electron chi connectivity index (χ0n) is 20.0. The predicted octanol–water partition coefficient (Wildman–Crippen LogP) is 3.97. The fourth-order valence-corrected chi connectivity index (χ4v) is 5.33.